The lowest BCUT2D eigenvalue weighted by Gasteiger charge is -2.28. The zero-order valence-corrected chi connectivity index (χ0v) is 29.5. The van der Waals surface area contributed by atoms with Gasteiger partial charge in [0.1, 0.15) is 19.8 Å². The van der Waals surface area contributed by atoms with Gasteiger partial charge >= 0.3 is 11.9 Å². The van der Waals surface area contributed by atoms with Crippen LogP contribution in [0, 0.1) is 0 Å². The van der Waals surface area contributed by atoms with Gasteiger partial charge in [0.15, 0.2) is 6.10 Å². The molecule has 0 N–H and O–H groups in total. The molecule has 0 aliphatic heterocycles. The quantitative estimate of drug-likeness (QED) is 0.0256. The number of phosphoric acid groups is 1. The van der Waals surface area contributed by atoms with E-state index >= 15 is 0 Å². The molecule has 0 aliphatic rings. The van der Waals surface area contributed by atoms with Gasteiger partial charge in [0.2, 0.25) is 0 Å². The summed E-state index contributed by atoms with van der Waals surface area (Å²) in [6.45, 7) is 4.04. The predicted octanol–water partition coefficient (Wildman–Crippen LogP) is 7.82. The normalized spacial score (nSPS) is 14.2. The highest BCUT2D eigenvalue weighted by Gasteiger charge is 2.21. The van der Waals surface area contributed by atoms with Crippen molar-refractivity contribution in [2.75, 3.05) is 47.5 Å². The number of nitrogens with zero attached hydrogens (tertiary/aromatic N) is 1. The highest BCUT2D eigenvalue weighted by atomic mass is 31.2. The number of rotatable bonds is 30. The number of hydrogen-bond donors (Lipinski definition) is 0. The van der Waals surface area contributed by atoms with E-state index in [2.05, 4.69) is 38.2 Å². The van der Waals surface area contributed by atoms with Crippen LogP contribution in [0.1, 0.15) is 129 Å². The number of hydrogen-bond acceptors (Lipinski definition) is 8. The molecule has 9 nitrogen and oxygen atoms in total. The minimum absolute atomic E-state index is 0.0334. The second kappa shape index (κ2) is 27.8. The first-order valence-electron chi connectivity index (χ1n) is 17.0. The summed E-state index contributed by atoms with van der Waals surface area (Å²) in [7, 11) is 1.15. The van der Waals surface area contributed by atoms with Gasteiger partial charge in [0.05, 0.1) is 27.7 Å². The van der Waals surface area contributed by atoms with Gasteiger partial charge in [-0.15, -0.1) is 0 Å². The third kappa shape index (κ3) is 30.5. The van der Waals surface area contributed by atoms with E-state index in [0.29, 0.717) is 17.4 Å². The average molecular weight is 646 g/mol. The molecule has 2 atom stereocenters. The average Bonchev–Trinajstić information content (AvgIpc) is 2.95. The number of esters is 2. The van der Waals surface area contributed by atoms with Crippen LogP contribution in [0.4, 0.5) is 0 Å². The second-order valence-corrected chi connectivity index (χ2v) is 13.9. The van der Waals surface area contributed by atoms with Crippen molar-refractivity contribution in [1.29, 1.82) is 0 Å². The standard InChI is InChI=1S/C34H64NO8P/c1-6-8-10-12-14-16-18-20-22-24-26-33(36)40-30-32(31-42-44(38,39)41-29-28-35(3,4)5)43-34(37)27-25-23-21-19-17-15-13-11-9-7-2/h10-13,32H,6-9,14-31H2,1-5H3/b12-10-,13-11-. The van der Waals surface area contributed by atoms with E-state index in [0.717, 1.165) is 83.5 Å². The second-order valence-electron chi connectivity index (χ2n) is 12.5. The zero-order chi connectivity index (χ0) is 32.9. The molecular formula is C34H64NO8P. The Bertz CT molecular complexity index is 825. The number of phosphoric ester groups is 1. The summed E-state index contributed by atoms with van der Waals surface area (Å²) in [5.41, 5.74) is 0. The highest BCUT2D eigenvalue weighted by Crippen LogP contribution is 2.38. The van der Waals surface area contributed by atoms with E-state index in [-0.39, 0.29) is 26.1 Å². The minimum Gasteiger partial charge on any atom is -0.756 e. The first kappa shape index (κ1) is 42.5. The van der Waals surface area contributed by atoms with Crippen molar-refractivity contribution in [1.82, 2.24) is 0 Å². The fraction of sp³-hybridized carbons (Fsp3) is 0.824. The van der Waals surface area contributed by atoms with Crippen LogP contribution >= 0.6 is 7.82 Å². The molecule has 0 aromatic rings. The molecule has 10 heteroatoms. The summed E-state index contributed by atoms with van der Waals surface area (Å²) >= 11 is 0. The summed E-state index contributed by atoms with van der Waals surface area (Å²) in [6, 6.07) is 0. The number of quaternary nitrogens is 1. The molecule has 0 bridgehead atoms. The van der Waals surface area contributed by atoms with Gasteiger partial charge in [0.25, 0.3) is 7.82 Å². The molecule has 2 unspecified atom stereocenters. The zero-order valence-electron chi connectivity index (χ0n) is 28.6. The monoisotopic (exact) mass is 645 g/mol. The first-order valence-corrected chi connectivity index (χ1v) is 18.5. The smallest absolute Gasteiger partial charge is 0.306 e. The van der Waals surface area contributed by atoms with Gasteiger partial charge in [-0.3, -0.25) is 14.2 Å². The van der Waals surface area contributed by atoms with Crippen LogP contribution < -0.4 is 4.89 Å². The van der Waals surface area contributed by atoms with Crippen LogP contribution in [-0.2, 0) is 32.7 Å². The van der Waals surface area contributed by atoms with Gasteiger partial charge < -0.3 is 27.9 Å². The molecule has 0 saturated heterocycles. The molecule has 44 heavy (non-hydrogen) atoms. The third-order valence-corrected chi connectivity index (χ3v) is 7.87. The van der Waals surface area contributed by atoms with Gasteiger partial charge in [-0.1, -0.05) is 89.5 Å². The third-order valence-electron chi connectivity index (χ3n) is 6.91. The first-order chi connectivity index (χ1) is 21.0. The van der Waals surface area contributed by atoms with Crippen LogP contribution in [0.3, 0.4) is 0 Å². The Morgan fingerprint density at radius 2 is 1.16 bits per heavy atom. The number of carbonyl (C=O) groups excluding carboxylic acids is 2. The lowest BCUT2D eigenvalue weighted by atomic mass is 10.1. The fourth-order valence-electron chi connectivity index (χ4n) is 4.19. The topological polar surface area (TPSA) is 111 Å². The van der Waals surface area contributed by atoms with E-state index in [4.69, 9.17) is 18.5 Å². The molecule has 0 aromatic heterocycles. The highest BCUT2D eigenvalue weighted by molar-refractivity contribution is 7.45. The maximum atomic E-state index is 12.5. The molecule has 0 aliphatic carbocycles. The van der Waals surface area contributed by atoms with Crippen molar-refractivity contribution < 1.29 is 42.1 Å². The Labute approximate surface area is 268 Å². The van der Waals surface area contributed by atoms with Gasteiger partial charge in [-0.2, -0.15) is 0 Å². The SMILES string of the molecule is CCC/C=C\CCCCCCCC(=O)OCC(COP(=O)([O-])OCC[N+](C)(C)C)OC(=O)CCCCCCC/C=C\CCC. The summed E-state index contributed by atoms with van der Waals surface area (Å²) < 4.78 is 33.5. The maximum Gasteiger partial charge on any atom is 0.306 e. The Morgan fingerprint density at radius 1 is 0.682 bits per heavy atom. The molecule has 0 spiro atoms. The Balaban J connectivity index is 4.53. The number of allylic oxidation sites excluding steroid dienone is 4. The molecular weight excluding hydrogens is 581 g/mol. The minimum atomic E-state index is -4.61. The van der Waals surface area contributed by atoms with Crippen molar-refractivity contribution in [2.45, 2.75) is 136 Å². The maximum absolute atomic E-state index is 12.5. The lowest BCUT2D eigenvalue weighted by Crippen LogP contribution is -2.37. The van der Waals surface area contributed by atoms with Crippen molar-refractivity contribution in [3.63, 3.8) is 0 Å². The van der Waals surface area contributed by atoms with Crippen molar-refractivity contribution >= 4 is 19.8 Å². The van der Waals surface area contributed by atoms with Gasteiger partial charge in [0, 0.05) is 12.8 Å². The summed E-state index contributed by atoms with van der Waals surface area (Å²) in [4.78, 5) is 37.1. The van der Waals surface area contributed by atoms with E-state index < -0.39 is 32.5 Å². The predicted molar refractivity (Wildman–Crippen MR) is 176 cm³/mol. The molecule has 0 amide bonds. The summed E-state index contributed by atoms with van der Waals surface area (Å²) in [5, 5.41) is 0. The molecule has 0 rings (SSSR count). The largest absolute Gasteiger partial charge is 0.756 e. The van der Waals surface area contributed by atoms with Gasteiger partial charge in [-0.25, -0.2) is 0 Å². The number of unbranched alkanes of at least 4 members (excludes halogenated alkanes) is 12. The Hall–Kier alpha value is -1.51. The lowest BCUT2D eigenvalue weighted by molar-refractivity contribution is -0.870. The van der Waals surface area contributed by atoms with Crippen LogP contribution in [0.25, 0.3) is 0 Å². The molecule has 258 valence electrons. The number of likely N-dealkylation sites (N-methyl/N-ethyl adjacent to an activating group) is 1. The molecule has 0 saturated carbocycles. The van der Waals surface area contributed by atoms with Crippen LogP contribution in [-0.4, -0.2) is 70.0 Å². The fourth-order valence-corrected chi connectivity index (χ4v) is 4.91. The van der Waals surface area contributed by atoms with Crippen LogP contribution in [0.5, 0.6) is 0 Å². The molecule has 0 heterocycles. The van der Waals surface area contributed by atoms with Crippen LogP contribution in [0.15, 0.2) is 24.3 Å². The van der Waals surface area contributed by atoms with E-state index in [1.807, 2.05) is 21.1 Å². The van der Waals surface area contributed by atoms with E-state index in [9.17, 15) is 19.0 Å². The van der Waals surface area contributed by atoms with E-state index in [1.165, 1.54) is 12.8 Å². The summed E-state index contributed by atoms with van der Waals surface area (Å²) in [5.74, 6) is -0.865. The van der Waals surface area contributed by atoms with Crippen molar-refractivity contribution in [3.05, 3.63) is 24.3 Å². The molecule has 0 radical (unpaired) electrons. The Morgan fingerprint density at radius 3 is 1.68 bits per heavy atom. The summed E-state index contributed by atoms with van der Waals surface area (Å²) in [6.07, 6.45) is 25.0. The molecule has 0 fully saturated rings. The number of carbonyl (C=O) groups is 2. The molecule has 0 aromatic carbocycles. The van der Waals surface area contributed by atoms with Gasteiger partial charge in [-0.05, 0) is 51.4 Å². The number of ether oxygens (including phenoxy) is 2. The van der Waals surface area contributed by atoms with Crippen molar-refractivity contribution in [3.8, 4) is 0 Å². The van der Waals surface area contributed by atoms with Crippen molar-refractivity contribution in [2.24, 2.45) is 0 Å². The van der Waals surface area contributed by atoms with E-state index in [1.54, 1.807) is 0 Å². The van der Waals surface area contributed by atoms with Crippen LogP contribution in [0.2, 0.25) is 0 Å². The Kier molecular flexibility index (Phi) is 26.8.